The van der Waals surface area contributed by atoms with E-state index < -0.39 is 0 Å². The van der Waals surface area contributed by atoms with E-state index in [2.05, 4.69) is 15.4 Å². The first-order valence-electron chi connectivity index (χ1n) is 7.83. The summed E-state index contributed by atoms with van der Waals surface area (Å²) in [5.74, 6) is -0.0755. The van der Waals surface area contributed by atoms with Crippen molar-refractivity contribution in [2.24, 2.45) is 7.05 Å². The van der Waals surface area contributed by atoms with Gasteiger partial charge in [0.25, 0.3) is 5.91 Å². The Morgan fingerprint density at radius 2 is 2.08 bits per heavy atom. The van der Waals surface area contributed by atoms with Crippen LogP contribution in [0.5, 0.6) is 0 Å². The van der Waals surface area contributed by atoms with Crippen LogP contribution in [0.3, 0.4) is 0 Å². The van der Waals surface area contributed by atoms with Gasteiger partial charge in [0.15, 0.2) is 0 Å². The van der Waals surface area contributed by atoms with E-state index >= 15 is 0 Å². The third-order valence-electron chi connectivity index (χ3n) is 3.94. The summed E-state index contributed by atoms with van der Waals surface area (Å²) in [5, 5.41) is 7.17. The second-order valence-electron chi connectivity index (χ2n) is 5.91. The lowest BCUT2D eigenvalue weighted by Crippen LogP contribution is -2.24. The molecule has 0 radical (unpaired) electrons. The van der Waals surface area contributed by atoms with E-state index in [9.17, 15) is 4.79 Å². The molecule has 0 fully saturated rings. The normalized spacial score (nSPS) is 10.6. The van der Waals surface area contributed by atoms with Crippen LogP contribution < -0.4 is 5.32 Å². The molecule has 2 aromatic heterocycles. The highest BCUT2D eigenvalue weighted by atomic mass is 16.1. The molecule has 5 heteroatoms. The number of benzene rings is 1. The molecule has 1 N–H and O–H groups in total. The van der Waals surface area contributed by atoms with E-state index in [-0.39, 0.29) is 5.91 Å². The summed E-state index contributed by atoms with van der Waals surface area (Å²) in [5.41, 5.74) is 5.57. The van der Waals surface area contributed by atoms with Crippen LogP contribution in [0.25, 0.3) is 11.3 Å². The summed E-state index contributed by atoms with van der Waals surface area (Å²) in [4.78, 5) is 16.9. The average molecular weight is 320 g/mol. The summed E-state index contributed by atoms with van der Waals surface area (Å²) in [6.07, 6.45) is 5.44. The van der Waals surface area contributed by atoms with Crippen molar-refractivity contribution in [2.75, 3.05) is 0 Å². The largest absolute Gasteiger partial charge is 0.348 e. The van der Waals surface area contributed by atoms with Gasteiger partial charge in [-0.2, -0.15) is 5.10 Å². The molecule has 1 amide bonds. The smallest absolute Gasteiger partial charge is 0.251 e. The Bertz CT molecular complexity index is 883. The van der Waals surface area contributed by atoms with Crippen LogP contribution in [0.1, 0.15) is 27.0 Å². The summed E-state index contributed by atoms with van der Waals surface area (Å²) in [6, 6.07) is 9.68. The van der Waals surface area contributed by atoms with Gasteiger partial charge in [-0.3, -0.25) is 14.5 Å². The molecular weight excluding hydrogens is 300 g/mol. The third-order valence-corrected chi connectivity index (χ3v) is 3.94. The number of rotatable bonds is 4. The number of carbonyl (C=O) groups excluding carboxylic acids is 1. The van der Waals surface area contributed by atoms with Crippen LogP contribution in [0.15, 0.2) is 48.9 Å². The van der Waals surface area contributed by atoms with Crippen LogP contribution in [-0.2, 0) is 13.6 Å². The van der Waals surface area contributed by atoms with Crippen molar-refractivity contribution in [3.63, 3.8) is 0 Å². The Morgan fingerprint density at radius 3 is 2.79 bits per heavy atom. The second-order valence-corrected chi connectivity index (χ2v) is 5.91. The fourth-order valence-electron chi connectivity index (χ4n) is 2.72. The topological polar surface area (TPSA) is 59.8 Å². The molecule has 5 nitrogen and oxygen atoms in total. The van der Waals surface area contributed by atoms with Gasteiger partial charge in [0.1, 0.15) is 0 Å². The molecule has 24 heavy (non-hydrogen) atoms. The molecule has 0 aliphatic carbocycles. The number of amides is 1. The molecule has 0 unspecified atom stereocenters. The van der Waals surface area contributed by atoms with Crippen molar-refractivity contribution < 1.29 is 4.79 Å². The van der Waals surface area contributed by atoms with Gasteiger partial charge in [0.05, 0.1) is 11.9 Å². The molecule has 0 saturated carbocycles. The van der Waals surface area contributed by atoms with Crippen LogP contribution in [0.4, 0.5) is 0 Å². The zero-order chi connectivity index (χ0) is 17.1. The summed E-state index contributed by atoms with van der Waals surface area (Å²) < 4.78 is 1.74. The van der Waals surface area contributed by atoms with E-state index in [0.717, 1.165) is 27.9 Å². The minimum atomic E-state index is -0.0755. The zero-order valence-electron chi connectivity index (χ0n) is 14.1. The maximum absolute atomic E-state index is 12.5. The standard InChI is InChI=1S/C19H20N4O/c1-13-6-7-17(14(2)9-13)19(24)21-10-15-5-4-8-20-18(15)16-11-22-23(3)12-16/h4-9,11-12H,10H2,1-3H3,(H,21,24). The van der Waals surface area contributed by atoms with E-state index in [1.54, 1.807) is 17.1 Å². The van der Waals surface area contributed by atoms with Crippen molar-refractivity contribution in [3.8, 4) is 11.3 Å². The quantitative estimate of drug-likeness (QED) is 0.804. The summed E-state index contributed by atoms with van der Waals surface area (Å²) >= 11 is 0. The molecule has 0 saturated heterocycles. The number of pyridine rings is 1. The third kappa shape index (κ3) is 3.35. The first-order chi connectivity index (χ1) is 11.5. The van der Waals surface area contributed by atoms with E-state index in [1.165, 1.54) is 0 Å². The minimum absolute atomic E-state index is 0.0755. The maximum atomic E-state index is 12.5. The Morgan fingerprint density at radius 1 is 1.25 bits per heavy atom. The maximum Gasteiger partial charge on any atom is 0.251 e. The van der Waals surface area contributed by atoms with Gasteiger partial charge in [-0.05, 0) is 37.1 Å². The first-order valence-corrected chi connectivity index (χ1v) is 7.83. The van der Waals surface area contributed by atoms with Crippen LogP contribution >= 0.6 is 0 Å². The number of aromatic nitrogens is 3. The highest BCUT2D eigenvalue weighted by Gasteiger charge is 2.12. The van der Waals surface area contributed by atoms with Crippen molar-refractivity contribution in [1.29, 1.82) is 0 Å². The van der Waals surface area contributed by atoms with Crippen molar-refractivity contribution in [2.45, 2.75) is 20.4 Å². The van der Waals surface area contributed by atoms with Crippen LogP contribution in [0, 0.1) is 13.8 Å². The molecular formula is C19H20N4O. The predicted molar refractivity (Wildman–Crippen MR) is 93.5 cm³/mol. The molecule has 0 aliphatic rings. The fraction of sp³-hybridized carbons (Fsp3) is 0.211. The summed E-state index contributed by atoms with van der Waals surface area (Å²) in [7, 11) is 1.87. The van der Waals surface area contributed by atoms with Crippen molar-refractivity contribution in [1.82, 2.24) is 20.1 Å². The number of hydrogen-bond acceptors (Lipinski definition) is 3. The van der Waals surface area contributed by atoms with Crippen molar-refractivity contribution >= 4 is 5.91 Å². The van der Waals surface area contributed by atoms with Gasteiger partial charge in [-0.25, -0.2) is 0 Å². The number of carbonyl (C=O) groups is 1. The monoisotopic (exact) mass is 320 g/mol. The van der Waals surface area contributed by atoms with Gasteiger partial charge in [0, 0.05) is 37.1 Å². The molecule has 0 atom stereocenters. The minimum Gasteiger partial charge on any atom is -0.348 e. The SMILES string of the molecule is Cc1ccc(C(=O)NCc2cccnc2-c2cnn(C)c2)c(C)c1. The Labute approximate surface area is 141 Å². The Kier molecular flexibility index (Phi) is 4.42. The lowest BCUT2D eigenvalue weighted by Gasteiger charge is -2.10. The number of nitrogens with one attached hydrogen (secondary N) is 1. The lowest BCUT2D eigenvalue weighted by molar-refractivity contribution is 0.0950. The number of aryl methyl sites for hydroxylation is 3. The Balaban J connectivity index is 1.79. The summed E-state index contributed by atoms with van der Waals surface area (Å²) in [6.45, 7) is 4.39. The molecule has 0 aliphatic heterocycles. The van der Waals surface area contributed by atoms with E-state index in [0.29, 0.717) is 12.1 Å². The Hall–Kier alpha value is -2.95. The predicted octanol–water partition coefficient (Wildman–Crippen LogP) is 3.03. The number of hydrogen-bond donors (Lipinski definition) is 1. The molecule has 2 heterocycles. The highest BCUT2D eigenvalue weighted by Crippen LogP contribution is 2.20. The van der Waals surface area contributed by atoms with Crippen molar-refractivity contribution in [3.05, 3.63) is 71.2 Å². The molecule has 3 rings (SSSR count). The van der Waals surface area contributed by atoms with Crippen LogP contribution in [0.2, 0.25) is 0 Å². The molecule has 122 valence electrons. The lowest BCUT2D eigenvalue weighted by atomic mass is 10.0. The van der Waals surface area contributed by atoms with E-state index in [1.807, 2.05) is 57.4 Å². The van der Waals surface area contributed by atoms with E-state index in [4.69, 9.17) is 0 Å². The molecule has 1 aromatic carbocycles. The number of nitrogens with zero attached hydrogens (tertiary/aromatic N) is 3. The fourth-order valence-corrected chi connectivity index (χ4v) is 2.72. The first kappa shape index (κ1) is 15.9. The molecule has 3 aromatic rings. The van der Waals surface area contributed by atoms with Gasteiger partial charge in [-0.15, -0.1) is 0 Å². The zero-order valence-corrected chi connectivity index (χ0v) is 14.1. The second kappa shape index (κ2) is 6.66. The van der Waals surface area contributed by atoms with Gasteiger partial charge < -0.3 is 5.32 Å². The van der Waals surface area contributed by atoms with Gasteiger partial charge in [0.2, 0.25) is 0 Å². The molecule has 0 spiro atoms. The molecule has 0 bridgehead atoms. The average Bonchev–Trinajstić information content (AvgIpc) is 2.99. The van der Waals surface area contributed by atoms with Crippen LogP contribution in [-0.4, -0.2) is 20.7 Å². The van der Waals surface area contributed by atoms with Gasteiger partial charge in [-0.1, -0.05) is 23.8 Å². The van der Waals surface area contributed by atoms with Gasteiger partial charge >= 0.3 is 0 Å². The highest BCUT2D eigenvalue weighted by molar-refractivity contribution is 5.95.